The van der Waals surface area contributed by atoms with E-state index in [1.165, 1.54) is 0 Å². The topological polar surface area (TPSA) is 53.1 Å². The van der Waals surface area contributed by atoms with Gasteiger partial charge in [0.2, 0.25) is 0 Å². The van der Waals surface area contributed by atoms with E-state index in [1.54, 1.807) is 10.8 Å². The molecule has 0 aliphatic rings. The van der Waals surface area contributed by atoms with E-state index in [1.807, 2.05) is 31.2 Å². The van der Waals surface area contributed by atoms with Gasteiger partial charge in [-0.25, -0.2) is 4.98 Å². The summed E-state index contributed by atoms with van der Waals surface area (Å²) in [5, 5.41) is 0. The summed E-state index contributed by atoms with van der Waals surface area (Å²) in [6, 6.07) is 8.12. The molecular weight excluding hydrogens is 270 g/mol. The minimum atomic E-state index is 0.506. The number of halogens is 1. The highest BCUT2D eigenvalue weighted by atomic mass is 79.9. The first-order chi connectivity index (χ1) is 7.72. The number of rotatable bonds is 3. The van der Waals surface area contributed by atoms with Crippen LogP contribution in [0, 0.1) is 0 Å². The van der Waals surface area contributed by atoms with Crippen LogP contribution >= 0.6 is 15.9 Å². The molecule has 0 unspecified atom stereocenters. The summed E-state index contributed by atoms with van der Waals surface area (Å²) in [6.07, 6.45) is 1.59. The van der Waals surface area contributed by atoms with Crippen molar-refractivity contribution in [1.29, 1.82) is 0 Å². The highest BCUT2D eigenvalue weighted by Gasteiger charge is 2.09. The number of nitrogens with zero attached hydrogens (tertiary/aromatic N) is 2. The van der Waals surface area contributed by atoms with Gasteiger partial charge in [-0.3, -0.25) is 4.57 Å². The highest BCUT2D eigenvalue weighted by Crippen LogP contribution is 2.29. The van der Waals surface area contributed by atoms with Crippen LogP contribution in [0.3, 0.4) is 0 Å². The third-order valence-electron chi connectivity index (χ3n) is 2.20. The fourth-order valence-corrected chi connectivity index (χ4v) is 1.76. The van der Waals surface area contributed by atoms with Gasteiger partial charge in [-0.05, 0) is 35.0 Å². The van der Waals surface area contributed by atoms with E-state index < -0.39 is 0 Å². The lowest BCUT2D eigenvalue weighted by molar-refractivity contribution is 0.414. The minimum absolute atomic E-state index is 0.506. The van der Waals surface area contributed by atoms with E-state index in [0.29, 0.717) is 11.8 Å². The van der Waals surface area contributed by atoms with Crippen molar-refractivity contribution >= 4 is 21.7 Å². The first-order valence-electron chi connectivity index (χ1n) is 4.95. The van der Waals surface area contributed by atoms with E-state index in [2.05, 4.69) is 20.9 Å². The molecule has 0 saturated carbocycles. The smallest absolute Gasteiger partial charge is 0.303 e. The number of anilines is 1. The monoisotopic (exact) mass is 281 g/mol. The Balaban J connectivity index is 2.31. The third-order valence-corrected chi connectivity index (χ3v) is 2.86. The van der Waals surface area contributed by atoms with Crippen LogP contribution in [0.2, 0.25) is 0 Å². The molecule has 2 aromatic rings. The largest absolute Gasteiger partial charge is 0.424 e. The molecule has 1 aromatic heterocycles. The summed E-state index contributed by atoms with van der Waals surface area (Å²) in [6.45, 7) is 2.72. The van der Waals surface area contributed by atoms with Crippen molar-refractivity contribution < 1.29 is 4.74 Å². The van der Waals surface area contributed by atoms with Crippen molar-refractivity contribution in [3.8, 4) is 11.8 Å². The van der Waals surface area contributed by atoms with Gasteiger partial charge in [0.1, 0.15) is 11.6 Å². The molecule has 0 radical (unpaired) electrons. The zero-order valence-electron chi connectivity index (χ0n) is 8.85. The van der Waals surface area contributed by atoms with Gasteiger partial charge in [0.25, 0.3) is 0 Å². The first-order valence-corrected chi connectivity index (χ1v) is 5.75. The molecular formula is C11H12BrN3O. The Morgan fingerprint density at radius 3 is 2.88 bits per heavy atom. The van der Waals surface area contributed by atoms with Crippen molar-refractivity contribution in [1.82, 2.24) is 9.55 Å². The van der Waals surface area contributed by atoms with Crippen molar-refractivity contribution in [2.45, 2.75) is 13.5 Å². The van der Waals surface area contributed by atoms with Gasteiger partial charge >= 0.3 is 6.01 Å². The number of nitrogens with two attached hydrogens (primary N) is 1. The quantitative estimate of drug-likeness (QED) is 0.941. The first kappa shape index (κ1) is 11.0. The maximum atomic E-state index is 5.75. The van der Waals surface area contributed by atoms with E-state index >= 15 is 0 Å². The number of nitrogen functional groups attached to an aromatic ring is 1. The van der Waals surface area contributed by atoms with Gasteiger partial charge in [0.15, 0.2) is 0 Å². The van der Waals surface area contributed by atoms with E-state index in [9.17, 15) is 0 Å². The van der Waals surface area contributed by atoms with Crippen LogP contribution in [-0.2, 0) is 6.54 Å². The maximum Gasteiger partial charge on any atom is 0.303 e. The van der Waals surface area contributed by atoms with Crippen LogP contribution in [0.4, 0.5) is 5.82 Å². The molecule has 0 aliphatic heterocycles. The molecule has 0 bridgehead atoms. The Morgan fingerprint density at radius 1 is 1.44 bits per heavy atom. The second-order valence-electron chi connectivity index (χ2n) is 3.24. The Hall–Kier alpha value is -1.49. The number of ether oxygens (including phenoxy) is 1. The van der Waals surface area contributed by atoms with Crippen molar-refractivity contribution in [3.63, 3.8) is 0 Å². The highest BCUT2D eigenvalue weighted by molar-refractivity contribution is 9.10. The Morgan fingerprint density at radius 2 is 2.19 bits per heavy atom. The summed E-state index contributed by atoms with van der Waals surface area (Å²) in [4.78, 5) is 4.12. The Bertz CT molecular complexity index is 496. The molecule has 0 spiro atoms. The molecule has 1 aromatic carbocycles. The van der Waals surface area contributed by atoms with Gasteiger partial charge in [0.05, 0.1) is 10.7 Å². The van der Waals surface area contributed by atoms with Gasteiger partial charge in [-0.2, -0.15) is 0 Å². The second-order valence-corrected chi connectivity index (χ2v) is 4.10. The molecule has 0 fully saturated rings. The maximum absolute atomic E-state index is 5.75. The van der Waals surface area contributed by atoms with Crippen LogP contribution in [0.5, 0.6) is 11.8 Å². The predicted octanol–water partition coefficient (Wildman–Crippen LogP) is 3.04. The molecule has 0 saturated heterocycles. The van der Waals surface area contributed by atoms with Gasteiger partial charge in [0, 0.05) is 6.54 Å². The van der Waals surface area contributed by atoms with Crippen LogP contribution in [0.1, 0.15) is 6.92 Å². The van der Waals surface area contributed by atoms with Gasteiger partial charge < -0.3 is 10.5 Å². The molecule has 2 N–H and O–H groups in total. The fraction of sp³-hybridized carbons (Fsp3) is 0.182. The van der Waals surface area contributed by atoms with Crippen LogP contribution in [0.15, 0.2) is 34.9 Å². The second kappa shape index (κ2) is 4.57. The molecule has 16 heavy (non-hydrogen) atoms. The summed E-state index contributed by atoms with van der Waals surface area (Å²) in [5.74, 6) is 1.33. The number of hydrogen-bond donors (Lipinski definition) is 1. The van der Waals surface area contributed by atoms with Crippen LogP contribution < -0.4 is 10.5 Å². The van der Waals surface area contributed by atoms with Gasteiger partial charge in [-0.15, -0.1) is 0 Å². The van der Waals surface area contributed by atoms with Crippen molar-refractivity contribution in [2.75, 3.05) is 5.73 Å². The fourth-order valence-electron chi connectivity index (χ4n) is 1.40. The number of benzene rings is 1. The summed E-state index contributed by atoms with van der Waals surface area (Å²) in [7, 11) is 0. The molecule has 0 atom stereocenters. The van der Waals surface area contributed by atoms with Crippen LogP contribution in [-0.4, -0.2) is 9.55 Å². The summed E-state index contributed by atoms with van der Waals surface area (Å²) in [5.41, 5.74) is 5.75. The van der Waals surface area contributed by atoms with Gasteiger partial charge in [-0.1, -0.05) is 12.1 Å². The summed E-state index contributed by atoms with van der Waals surface area (Å²) < 4.78 is 8.37. The average molecular weight is 282 g/mol. The number of hydrogen-bond acceptors (Lipinski definition) is 3. The lowest BCUT2D eigenvalue weighted by atomic mass is 10.3. The molecule has 84 valence electrons. The number of imidazole rings is 1. The minimum Gasteiger partial charge on any atom is -0.424 e. The van der Waals surface area contributed by atoms with Crippen molar-refractivity contribution in [3.05, 3.63) is 34.9 Å². The van der Waals surface area contributed by atoms with E-state index in [4.69, 9.17) is 10.5 Å². The predicted molar refractivity (Wildman–Crippen MR) is 66.5 cm³/mol. The van der Waals surface area contributed by atoms with E-state index in [0.717, 1.165) is 16.8 Å². The normalized spacial score (nSPS) is 10.4. The Kier molecular flexibility index (Phi) is 3.14. The lowest BCUT2D eigenvalue weighted by Crippen LogP contribution is -2.02. The molecule has 1 heterocycles. The lowest BCUT2D eigenvalue weighted by Gasteiger charge is -2.08. The van der Waals surface area contributed by atoms with Crippen molar-refractivity contribution in [2.24, 2.45) is 0 Å². The number of para-hydroxylation sites is 1. The zero-order chi connectivity index (χ0) is 11.5. The molecule has 4 nitrogen and oxygen atoms in total. The van der Waals surface area contributed by atoms with Crippen LogP contribution in [0.25, 0.3) is 0 Å². The summed E-state index contributed by atoms with van der Waals surface area (Å²) >= 11 is 3.41. The number of aromatic nitrogens is 2. The Labute approximate surface area is 102 Å². The standard InChI is InChI=1S/C11H12BrN3O/c1-2-15-10(13)7-14-11(15)16-9-6-4-3-5-8(9)12/h3-7H,2,13H2,1H3. The average Bonchev–Trinajstić information content (AvgIpc) is 2.63. The zero-order valence-corrected chi connectivity index (χ0v) is 10.4. The SMILES string of the molecule is CCn1c(N)cnc1Oc1ccccc1Br. The van der Waals surface area contributed by atoms with E-state index in [-0.39, 0.29) is 0 Å². The molecule has 0 aliphatic carbocycles. The molecule has 2 rings (SSSR count). The molecule has 0 amide bonds. The third kappa shape index (κ3) is 2.04. The molecule has 5 heteroatoms.